The Morgan fingerprint density at radius 1 is 1.39 bits per heavy atom. The van der Waals surface area contributed by atoms with E-state index >= 15 is 0 Å². The lowest BCUT2D eigenvalue weighted by molar-refractivity contribution is 0.419. The summed E-state index contributed by atoms with van der Waals surface area (Å²) in [5.74, 6) is 1.79. The van der Waals surface area contributed by atoms with Gasteiger partial charge in [0.2, 0.25) is 0 Å². The van der Waals surface area contributed by atoms with E-state index < -0.39 is 0 Å². The molecule has 0 radical (unpaired) electrons. The minimum atomic E-state index is 0.446. The Kier molecular flexibility index (Phi) is 3.43. The van der Waals surface area contributed by atoms with Gasteiger partial charge in [-0.25, -0.2) is 9.97 Å². The summed E-state index contributed by atoms with van der Waals surface area (Å²) in [5.41, 5.74) is 6.72. The Labute approximate surface area is 110 Å². The van der Waals surface area contributed by atoms with Gasteiger partial charge in [-0.2, -0.15) is 0 Å². The van der Waals surface area contributed by atoms with Crippen molar-refractivity contribution < 1.29 is 4.74 Å². The molecule has 0 aliphatic heterocycles. The molecule has 0 amide bonds. The molecule has 0 aliphatic carbocycles. The van der Waals surface area contributed by atoms with E-state index in [-0.39, 0.29) is 0 Å². The molecule has 2 rings (SSSR count). The second-order valence-electron chi connectivity index (χ2n) is 3.98. The molecule has 1 aromatic carbocycles. The number of ether oxygens (including phenoxy) is 1. The van der Waals surface area contributed by atoms with E-state index in [1.54, 1.807) is 18.9 Å². The number of aromatic nitrogens is 2. The topological polar surface area (TPSA) is 61.0 Å². The number of hydrogen-bond donors (Lipinski definition) is 1. The van der Waals surface area contributed by atoms with Crippen molar-refractivity contribution in [2.45, 2.75) is 18.7 Å². The number of methoxy groups -OCH3 is 1. The van der Waals surface area contributed by atoms with E-state index in [1.165, 1.54) is 0 Å². The fourth-order valence-corrected chi connectivity index (χ4v) is 2.51. The van der Waals surface area contributed by atoms with Crippen molar-refractivity contribution in [1.82, 2.24) is 9.97 Å². The van der Waals surface area contributed by atoms with Crippen molar-refractivity contribution in [3.8, 4) is 5.75 Å². The maximum absolute atomic E-state index is 5.93. The lowest BCUT2D eigenvalue weighted by Crippen LogP contribution is -1.99. The van der Waals surface area contributed by atoms with Gasteiger partial charge in [-0.15, -0.1) is 0 Å². The smallest absolute Gasteiger partial charge is 0.138 e. The molecule has 1 aromatic heterocycles. The van der Waals surface area contributed by atoms with Crippen molar-refractivity contribution >= 4 is 28.5 Å². The quantitative estimate of drug-likeness (QED) is 0.860. The highest BCUT2D eigenvalue weighted by Crippen LogP contribution is 2.35. The normalized spacial score (nSPS) is 10.6. The van der Waals surface area contributed by atoms with Gasteiger partial charge in [0.15, 0.2) is 0 Å². The molecule has 94 valence electrons. The van der Waals surface area contributed by atoms with Gasteiger partial charge < -0.3 is 10.5 Å². The first-order chi connectivity index (χ1) is 8.51. The van der Waals surface area contributed by atoms with Crippen molar-refractivity contribution in [3.05, 3.63) is 29.4 Å². The van der Waals surface area contributed by atoms with Crippen LogP contribution in [0.25, 0.3) is 10.9 Å². The first kappa shape index (κ1) is 12.7. The third-order valence-corrected chi connectivity index (χ3v) is 3.21. The molecule has 0 saturated heterocycles. The third kappa shape index (κ3) is 2.41. The van der Waals surface area contributed by atoms with Gasteiger partial charge in [-0.05, 0) is 30.9 Å². The molecule has 0 saturated carbocycles. The monoisotopic (exact) mass is 261 g/mol. The van der Waals surface area contributed by atoms with Crippen molar-refractivity contribution in [1.29, 1.82) is 0 Å². The van der Waals surface area contributed by atoms with Crippen LogP contribution in [0.4, 0.5) is 5.82 Å². The molecule has 0 bridgehead atoms. The summed E-state index contributed by atoms with van der Waals surface area (Å²) in [6.07, 6.45) is 0. The van der Waals surface area contributed by atoms with E-state index in [2.05, 4.69) is 16.5 Å². The zero-order valence-electron chi connectivity index (χ0n) is 10.7. The van der Waals surface area contributed by atoms with Crippen LogP contribution in [0.3, 0.4) is 0 Å². The first-order valence-electron chi connectivity index (χ1n) is 5.46. The van der Waals surface area contributed by atoms with E-state index in [0.717, 1.165) is 20.7 Å². The predicted octanol–water partition coefficient (Wildman–Crippen LogP) is 3.15. The third-order valence-electron chi connectivity index (χ3n) is 2.39. The summed E-state index contributed by atoms with van der Waals surface area (Å²) < 4.78 is 5.37. The van der Waals surface area contributed by atoms with Crippen LogP contribution < -0.4 is 10.5 Å². The van der Waals surface area contributed by atoms with Crippen molar-refractivity contribution in [2.24, 2.45) is 0 Å². The molecule has 0 spiro atoms. The minimum absolute atomic E-state index is 0.446. The Morgan fingerprint density at radius 3 is 2.72 bits per heavy atom. The largest absolute Gasteiger partial charge is 0.496 e. The van der Waals surface area contributed by atoms with Crippen LogP contribution >= 0.6 is 11.8 Å². The molecule has 0 unspecified atom stereocenters. The molecule has 0 fully saturated rings. The van der Waals surface area contributed by atoms with Gasteiger partial charge in [0.05, 0.1) is 18.0 Å². The number of nitrogens with two attached hydrogens (primary N) is 1. The maximum Gasteiger partial charge on any atom is 0.138 e. The second-order valence-corrected chi connectivity index (χ2v) is 5.35. The van der Waals surface area contributed by atoms with E-state index in [9.17, 15) is 0 Å². The van der Waals surface area contributed by atoms with Gasteiger partial charge >= 0.3 is 0 Å². The molecule has 2 aromatic rings. The van der Waals surface area contributed by atoms with Crippen LogP contribution in [0.5, 0.6) is 5.75 Å². The zero-order valence-corrected chi connectivity index (χ0v) is 11.5. The fourth-order valence-electron chi connectivity index (χ4n) is 1.77. The molecule has 0 aliphatic rings. The summed E-state index contributed by atoms with van der Waals surface area (Å²) in [6, 6.07) is 3.90. The summed E-state index contributed by atoms with van der Waals surface area (Å²) in [5, 5.41) is 0.758. The van der Waals surface area contributed by atoms with Crippen LogP contribution in [0.1, 0.15) is 12.7 Å². The van der Waals surface area contributed by atoms with E-state index in [0.29, 0.717) is 17.4 Å². The molecule has 1 heterocycles. The SMILES string of the molecule is C=C(C)Sc1cc(OC)c2c(N)nc(C)nc2c1. The number of nitrogens with zero attached hydrogens (tertiary/aromatic N) is 2. The fraction of sp³-hybridized carbons (Fsp3) is 0.231. The predicted molar refractivity (Wildman–Crippen MR) is 75.9 cm³/mol. The van der Waals surface area contributed by atoms with Crippen LogP contribution in [0.2, 0.25) is 0 Å². The van der Waals surface area contributed by atoms with Gasteiger partial charge in [0, 0.05) is 4.90 Å². The minimum Gasteiger partial charge on any atom is -0.496 e. The summed E-state index contributed by atoms with van der Waals surface area (Å²) in [6.45, 7) is 7.67. The Bertz CT molecular complexity index is 625. The van der Waals surface area contributed by atoms with Crippen LogP contribution in [-0.2, 0) is 0 Å². The van der Waals surface area contributed by atoms with Crippen LogP contribution in [0.15, 0.2) is 28.5 Å². The number of aryl methyl sites for hydroxylation is 1. The number of rotatable bonds is 3. The van der Waals surface area contributed by atoms with Crippen LogP contribution in [0, 0.1) is 6.92 Å². The van der Waals surface area contributed by atoms with Gasteiger partial charge in [-0.1, -0.05) is 18.3 Å². The van der Waals surface area contributed by atoms with Gasteiger partial charge in [0.1, 0.15) is 17.4 Å². The van der Waals surface area contributed by atoms with Gasteiger partial charge in [-0.3, -0.25) is 0 Å². The lowest BCUT2D eigenvalue weighted by Gasteiger charge is -2.10. The first-order valence-corrected chi connectivity index (χ1v) is 6.28. The molecule has 18 heavy (non-hydrogen) atoms. The number of hydrogen-bond acceptors (Lipinski definition) is 5. The number of allylic oxidation sites excluding steroid dienone is 1. The molecule has 4 nitrogen and oxygen atoms in total. The number of nitrogen functional groups attached to an aromatic ring is 1. The number of anilines is 1. The van der Waals surface area contributed by atoms with Crippen molar-refractivity contribution in [3.63, 3.8) is 0 Å². The number of thioether (sulfide) groups is 1. The summed E-state index contributed by atoms with van der Waals surface area (Å²) in [7, 11) is 1.61. The van der Waals surface area contributed by atoms with E-state index in [4.69, 9.17) is 10.5 Å². The van der Waals surface area contributed by atoms with Crippen LogP contribution in [-0.4, -0.2) is 17.1 Å². The summed E-state index contributed by atoms with van der Waals surface area (Å²) in [4.78, 5) is 10.6. The van der Waals surface area contributed by atoms with Gasteiger partial charge in [0.25, 0.3) is 0 Å². The Morgan fingerprint density at radius 2 is 2.11 bits per heavy atom. The highest BCUT2D eigenvalue weighted by Gasteiger charge is 2.11. The van der Waals surface area contributed by atoms with Crippen molar-refractivity contribution in [2.75, 3.05) is 12.8 Å². The standard InChI is InChI=1S/C13H15N3OS/c1-7(2)18-9-5-10-12(11(6-9)17-4)13(14)16-8(3)15-10/h5-6H,1H2,2-4H3,(H2,14,15,16). The number of benzene rings is 1. The average Bonchev–Trinajstić information content (AvgIpc) is 2.25. The lowest BCUT2D eigenvalue weighted by atomic mass is 10.2. The highest BCUT2D eigenvalue weighted by atomic mass is 32.2. The number of fused-ring (bicyclic) bond motifs is 1. The molecule has 0 atom stereocenters. The molecular formula is C13H15N3OS. The molecule has 5 heteroatoms. The summed E-state index contributed by atoms with van der Waals surface area (Å²) >= 11 is 1.58. The second kappa shape index (κ2) is 4.86. The van der Waals surface area contributed by atoms with E-state index in [1.807, 2.05) is 26.0 Å². The Balaban J connectivity index is 2.71. The molecule has 2 N–H and O–H groups in total. The zero-order chi connectivity index (χ0) is 13.3. The Hall–Kier alpha value is -1.75. The maximum atomic E-state index is 5.93. The molecular weight excluding hydrogens is 246 g/mol. The average molecular weight is 261 g/mol. The highest BCUT2D eigenvalue weighted by molar-refractivity contribution is 8.03.